The van der Waals surface area contributed by atoms with E-state index in [-0.39, 0.29) is 22.8 Å². The lowest BCUT2D eigenvalue weighted by atomic mass is 10.2. The number of hydrogen-bond acceptors (Lipinski definition) is 7. The van der Waals surface area contributed by atoms with Gasteiger partial charge in [-0.3, -0.25) is 14.9 Å². The number of nitriles is 1. The fraction of sp³-hybridized carbons (Fsp3) is 0.111. The van der Waals surface area contributed by atoms with Gasteiger partial charge in [0, 0.05) is 31.3 Å². The average molecular weight is 364 g/mol. The van der Waals surface area contributed by atoms with Crippen LogP contribution in [0.15, 0.2) is 59.3 Å². The molecule has 0 saturated heterocycles. The molecule has 2 aromatic rings. The van der Waals surface area contributed by atoms with E-state index in [1.54, 1.807) is 24.3 Å². The van der Waals surface area contributed by atoms with Crippen molar-refractivity contribution in [3.8, 4) is 6.07 Å². The van der Waals surface area contributed by atoms with Gasteiger partial charge >= 0.3 is 0 Å². The van der Waals surface area contributed by atoms with Crippen LogP contribution in [-0.2, 0) is 4.79 Å². The molecule has 0 aliphatic rings. The quantitative estimate of drug-likeness (QED) is 0.324. The molecule has 2 aromatic carbocycles. The molecular formula is C18H16N6O3. The third-order valence-electron chi connectivity index (χ3n) is 3.33. The highest BCUT2D eigenvalue weighted by Gasteiger charge is 2.11. The zero-order valence-corrected chi connectivity index (χ0v) is 14.5. The third-order valence-corrected chi connectivity index (χ3v) is 3.33. The van der Waals surface area contributed by atoms with Crippen molar-refractivity contribution in [1.82, 2.24) is 0 Å². The van der Waals surface area contributed by atoms with Gasteiger partial charge in [0.1, 0.15) is 17.4 Å². The van der Waals surface area contributed by atoms with Crippen LogP contribution in [0.5, 0.6) is 0 Å². The van der Waals surface area contributed by atoms with Crippen LogP contribution in [0, 0.1) is 21.4 Å². The number of nitrogens with zero attached hydrogens (tertiary/aromatic N) is 4. The Morgan fingerprint density at radius 1 is 1.30 bits per heavy atom. The van der Waals surface area contributed by atoms with E-state index in [0.717, 1.165) is 11.8 Å². The molecule has 0 spiro atoms. The van der Waals surface area contributed by atoms with Crippen LogP contribution >= 0.6 is 0 Å². The Balaban J connectivity index is 2.37. The Morgan fingerprint density at radius 2 is 2.00 bits per heavy atom. The van der Waals surface area contributed by atoms with Gasteiger partial charge in [-0.05, 0) is 24.3 Å². The molecule has 0 aromatic heterocycles. The van der Waals surface area contributed by atoms with Crippen LogP contribution < -0.4 is 10.6 Å². The molecule has 0 bridgehead atoms. The van der Waals surface area contributed by atoms with Gasteiger partial charge in [-0.2, -0.15) is 5.26 Å². The molecule has 1 amide bonds. The summed E-state index contributed by atoms with van der Waals surface area (Å²) in [5, 5.41) is 33.8. The van der Waals surface area contributed by atoms with Crippen molar-refractivity contribution in [2.45, 2.75) is 6.92 Å². The maximum atomic E-state index is 11.4. The minimum atomic E-state index is -0.592. The van der Waals surface area contributed by atoms with Crippen molar-refractivity contribution >= 4 is 34.3 Å². The molecule has 9 nitrogen and oxygen atoms in total. The van der Waals surface area contributed by atoms with Gasteiger partial charge in [0.05, 0.1) is 16.2 Å². The summed E-state index contributed by atoms with van der Waals surface area (Å²) in [6.45, 7) is 5.55. The topological polar surface area (TPSA) is 133 Å². The summed E-state index contributed by atoms with van der Waals surface area (Å²) in [6, 6.07) is 10.7. The Morgan fingerprint density at radius 3 is 2.63 bits per heavy atom. The third kappa shape index (κ3) is 5.20. The first-order valence-corrected chi connectivity index (χ1v) is 7.81. The van der Waals surface area contributed by atoms with Gasteiger partial charge < -0.3 is 10.6 Å². The molecule has 0 atom stereocenters. The number of benzene rings is 2. The standard InChI is InChI=1S/C18H16N6O3/c1-3-8-20-14-4-6-17(18(10-14)21-12(2)25)23-22-16-7-5-15(24(26)27)9-13(16)11-19/h3-7,9-10,20H,1,8H2,2H3,(H,21,25). The van der Waals surface area contributed by atoms with Gasteiger partial charge in [-0.1, -0.05) is 6.08 Å². The van der Waals surface area contributed by atoms with E-state index in [1.807, 2.05) is 6.07 Å². The van der Waals surface area contributed by atoms with Gasteiger partial charge in [0.2, 0.25) is 5.91 Å². The van der Waals surface area contributed by atoms with E-state index >= 15 is 0 Å². The zero-order valence-electron chi connectivity index (χ0n) is 14.5. The van der Waals surface area contributed by atoms with Crippen LogP contribution in [0.3, 0.4) is 0 Å². The number of carbonyl (C=O) groups is 1. The highest BCUT2D eigenvalue weighted by atomic mass is 16.6. The largest absolute Gasteiger partial charge is 0.382 e. The Kier molecular flexibility index (Phi) is 6.33. The number of anilines is 2. The second-order valence-electron chi connectivity index (χ2n) is 5.35. The molecule has 2 N–H and O–H groups in total. The Bertz CT molecular complexity index is 962. The molecular weight excluding hydrogens is 348 g/mol. The summed E-state index contributed by atoms with van der Waals surface area (Å²) >= 11 is 0. The number of non-ortho nitro benzene ring substituents is 1. The highest BCUT2D eigenvalue weighted by Crippen LogP contribution is 2.31. The Hall–Kier alpha value is -4.06. The molecule has 2 rings (SSSR count). The molecule has 0 aliphatic heterocycles. The fourth-order valence-corrected chi connectivity index (χ4v) is 2.14. The van der Waals surface area contributed by atoms with Crippen LogP contribution in [0.25, 0.3) is 0 Å². The molecule has 0 unspecified atom stereocenters. The maximum Gasteiger partial charge on any atom is 0.270 e. The molecule has 0 heterocycles. The van der Waals surface area contributed by atoms with E-state index in [9.17, 15) is 14.9 Å². The van der Waals surface area contributed by atoms with Crippen molar-refractivity contribution < 1.29 is 9.72 Å². The average Bonchev–Trinajstić information content (AvgIpc) is 2.64. The van der Waals surface area contributed by atoms with Crippen molar-refractivity contribution in [2.75, 3.05) is 17.2 Å². The van der Waals surface area contributed by atoms with Gasteiger partial charge in [0.25, 0.3) is 5.69 Å². The highest BCUT2D eigenvalue weighted by molar-refractivity contribution is 5.92. The van der Waals surface area contributed by atoms with E-state index in [2.05, 4.69) is 27.4 Å². The lowest BCUT2D eigenvalue weighted by Crippen LogP contribution is -2.06. The normalized spacial score (nSPS) is 10.2. The number of hydrogen-bond donors (Lipinski definition) is 2. The van der Waals surface area contributed by atoms with Gasteiger partial charge in [-0.15, -0.1) is 16.8 Å². The fourth-order valence-electron chi connectivity index (χ4n) is 2.14. The van der Waals surface area contributed by atoms with E-state index in [1.165, 1.54) is 19.1 Å². The van der Waals surface area contributed by atoms with E-state index in [4.69, 9.17) is 5.26 Å². The van der Waals surface area contributed by atoms with Crippen LogP contribution in [-0.4, -0.2) is 17.4 Å². The Labute approximate surface area is 155 Å². The molecule has 0 fully saturated rings. The van der Waals surface area contributed by atoms with Crippen molar-refractivity contribution in [3.05, 3.63) is 64.7 Å². The number of carbonyl (C=O) groups excluding carboxylic acids is 1. The predicted molar refractivity (Wildman–Crippen MR) is 101 cm³/mol. The van der Waals surface area contributed by atoms with Gasteiger partial charge in [0.15, 0.2) is 0 Å². The number of nitro benzene ring substituents is 1. The summed E-state index contributed by atoms with van der Waals surface area (Å²) in [7, 11) is 0. The van der Waals surface area contributed by atoms with Crippen molar-refractivity contribution in [2.24, 2.45) is 10.2 Å². The first kappa shape index (κ1) is 19.3. The minimum Gasteiger partial charge on any atom is -0.382 e. The van der Waals surface area contributed by atoms with Crippen LogP contribution in [0.2, 0.25) is 0 Å². The maximum absolute atomic E-state index is 11.4. The smallest absolute Gasteiger partial charge is 0.270 e. The number of azo groups is 1. The first-order valence-electron chi connectivity index (χ1n) is 7.81. The molecule has 136 valence electrons. The molecule has 9 heteroatoms. The summed E-state index contributed by atoms with van der Waals surface area (Å²) in [5.74, 6) is -0.277. The van der Waals surface area contributed by atoms with Crippen molar-refractivity contribution in [3.63, 3.8) is 0 Å². The minimum absolute atomic E-state index is 0.0262. The summed E-state index contributed by atoms with van der Waals surface area (Å²) < 4.78 is 0. The zero-order chi connectivity index (χ0) is 19.8. The number of nitro groups is 1. The molecule has 0 aliphatic carbocycles. The van der Waals surface area contributed by atoms with E-state index < -0.39 is 4.92 Å². The SMILES string of the molecule is C=CCNc1ccc(N=Nc2ccc([N+](=O)[O-])cc2C#N)c(NC(C)=O)c1. The number of amides is 1. The molecule has 0 saturated carbocycles. The van der Waals surface area contributed by atoms with Crippen molar-refractivity contribution in [1.29, 1.82) is 5.26 Å². The summed E-state index contributed by atoms with van der Waals surface area (Å²) in [4.78, 5) is 21.7. The van der Waals surface area contributed by atoms with Crippen LogP contribution in [0.4, 0.5) is 28.4 Å². The second-order valence-corrected chi connectivity index (χ2v) is 5.35. The second kappa shape index (κ2) is 8.87. The lowest BCUT2D eigenvalue weighted by molar-refractivity contribution is -0.384. The van der Waals surface area contributed by atoms with Crippen LogP contribution in [0.1, 0.15) is 12.5 Å². The molecule has 0 radical (unpaired) electrons. The number of rotatable bonds is 7. The van der Waals surface area contributed by atoms with E-state index in [0.29, 0.717) is 17.9 Å². The van der Waals surface area contributed by atoms with Gasteiger partial charge in [-0.25, -0.2) is 0 Å². The summed E-state index contributed by atoms with van der Waals surface area (Å²) in [5.41, 5.74) is 1.56. The first-order chi connectivity index (χ1) is 12.9. The number of nitrogens with one attached hydrogen (secondary N) is 2. The lowest BCUT2D eigenvalue weighted by Gasteiger charge is -2.09. The molecule has 27 heavy (non-hydrogen) atoms. The monoisotopic (exact) mass is 364 g/mol. The predicted octanol–water partition coefficient (Wildman–Crippen LogP) is 4.44. The summed E-state index contributed by atoms with van der Waals surface area (Å²) in [6.07, 6.45) is 1.70.